The standard InChI is InChI=1S/C9H14N2/c1-3-9(2)5-8-11-7-4-6-10/h3-6,8,11H,1-2,7,10H2/b6-4+,8-5-. The molecule has 11 heavy (non-hydrogen) atoms. The van der Waals surface area contributed by atoms with Crippen LogP contribution in [0.2, 0.25) is 0 Å². The average Bonchev–Trinajstić information content (AvgIpc) is 2.04. The summed E-state index contributed by atoms with van der Waals surface area (Å²) in [7, 11) is 0. The van der Waals surface area contributed by atoms with Crippen LogP contribution in [0.4, 0.5) is 0 Å². The molecule has 0 spiro atoms. The van der Waals surface area contributed by atoms with Crippen molar-refractivity contribution in [3.63, 3.8) is 0 Å². The van der Waals surface area contributed by atoms with Gasteiger partial charge in [0.25, 0.3) is 0 Å². The van der Waals surface area contributed by atoms with E-state index >= 15 is 0 Å². The third kappa shape index (κ3) is 6.45. The molecule has 0 aromatic carbocycles. The van der Waals surface area contributed by atoms with Gasteiger partial charge in [0, 0.05) is 6.54 Å². The summed E-state index contributed by atoms with van der Waals surface area (Å²) in [6, 6.07) is 0. The summed E-state index contributed by atoms with van der Waals surface area (Å²) in [6.45, 7) is 8.00. The fourth-order valence-corrected chi connectivity index (χ4v) is 0.438. The van der Waals surface area contributed by atoms with E-state index in [2.05, 4.69) is 18.5 Å². The van der Waals surface area contributed by atoms with Crippen LogP contribution in [0, 0.1) is 0 Å². The number of hydrogen-bond acceptors (Lipinski definition) is 2. The molecular weight excluding hydrogens is 136 g/mol. The molecule has 0 heterocycles. The number of allylic oxidation sites excluding steroid dienone is 3. The third-order valence-corrected chi connectivity index (χ3v) is 1.05. The lowest BCUT2D eigenvalue weighted by atomic mass is 10.3. The van der Waals surface area contributed by atoms with Gasteiger partial charge in [0.2, 0.25) is 0 Å². The van der Waals surface area contributed by atoms with E-state index in [1.54, 1.807) is 6.08 Å². The summed E-state index contributed by atoms with van der Waals surface area (Å²) in [5.74, 6) is 0. The van der Waals surface area contributed by atoms with Crippen LogP contribution < -0.4 is 11.1 Å². The van der Waals surface area contributed by atoms with Gasteiger partial charge in [-0.1, -0.05) is 19.2 Å². The minimum atomic E-state index is 0.734. The average molecular weight is 150 g/mol. The largest absolute Gasteiger partial charge is 0.405 e. The predicted octanol–water partition coefficient (Wildman–Crippen LogP) is 1.30. The molecule has 2 nitrogen and oxygen atoms in total. The summed E-state index contributed by atoms with van der Waals surface area (Å²) in [4.78, 5) is 0. The smallest absolute Gasteiger partial charge is 0.0342 e. The molecule has 0 amide bonds. The molecule has 0 saturated carbocycles. The summed E-state index contributed by atoms with van der Waals surface area (Å²) in [5, 5.41) is 3.00. The number of rotatable bonds is 5. The van der Waals surface area contributed by atoms with Crippen LogP contribution >= 0.6 is 0 Å². The molecule has 3 N–H and O–H groups in total. The van der Waals surface area contributed by atoms with Crippen LogP contribution in [0.5, 0.6) is 0 Å². The molecule has 0 bridgehead atoms. The van der Waals surface area contributed by atoms with E-state index in [9.17, 15) is 0 Å². The van der Waals surface area contributed by atoms with E-state index in [4.69, 9.17) is 5.73 Å². The van der Waals surface area contributed by atoms with Gasteiger partial charge in [-0.05, 0) is 30.1 Å². The molecule has 0 aliphatic carbocycles. The van der Waals surface area contributed by atoms with Crippen molar-refractivity contribution in [1.29, 1.82) is 0 Å². The van der Waals surface area contributed by atoms with Crippen LogP contribution in [0.15, 0.2) is 49.4 Å². The number of hydrogen-bond donors (Lipinski definition) is 2. The SMILES string of the molecule is C=CC(=C)/C=C\NC/C=C/N. The molecule has 0 saturated heterocycles. The van der Waals surface area contributed by atoms with Crippen LogP contribution in [-0.4, -0.2) is 6.54 Å². The Hall–Kier alpha value is -1.44. The predicted molar refractivity (Wildman–Crippen MR) is 49.8 cm³/mol. The summed E-state index contributed by atoms with van der Waals surface area (Å²) >= 11 is 0. The lowest BCUT2D eigenvalue weighted by Gasteiger charge is -1.92. The molecule has 0 aromatic rings. The molecule has 0 radical (unpaired) electrons. The van der Waals surface area contributed by atoms with E-state index in [1.807, 2.05) is 18.4 Å². The van der Waals surface area contributed by atoms with Crippen molar-refractivity contribution in [3.05, 3.63) is 49.4 Å². The van der Waals surface area contributed by atoms with Gasteiger partial charge in [-0.15, -0.1) is 0 Å². The van der Waals surface area contributed by atoms with E-state index in [1.165, 1.54) is 6.20 Å². The lowest BCUT2D eigenvalue weighted by molar-refractivity contribution is 0.982. The molecular formula is C9H14N2. The topological polar surface area (TPSA) is 38.0 Å². The molecule has 0 fully saturated rings. The van der Waals surface area contributed by atoms with Crippen molar-refractivity contribution in [3.8, 4) is 0 Å². The van der Waals surface area contributed by atoms with Crippen LogP contribution in [-0.2, 0) is 0 Å². The van der Waals surface area contributed by atoms with E-state index in [0.29, 0.717) is 0 Å². The fraction of sp³-hybridized carbons (Fsp3) is 0.111. The molecule has 0 aliphatic heterocycles. The van der Waals surface area contributed by atoms with Crippen molar-refractivity contribution in [2.45, 2.75) is 0 Å². The van der Waals surface area contributed by atoms with Crippen molar-refractivity contribution < 1.29 is 0 Å². The monoisotopic (exact) mass is 150 g/mol. The van der Waals surface area contributed by atoms with Gasteiger partial charge in [-0.2, -0.15) is 0 Å². The molecule has 60 valence electrons. The molecule has 0 aromatic heterocycles. The zero-order valence-corrected chi connectivity index (χ0v) is 6.59. The first-order chi connectivity index (χ1) is 5.31. The van der Waals surface area contributed by atoms with Crippen LogP contribution in [0.25, 0.3) is 0 Å². The second kappa shape index (κ2) is 6.68. The van der Waals surface area contributed by atoms with Crippen LogP contribution in [0.1, 0.15) is 0 Å². The summed E-state index contributed by atoms with van der Waals surface area (Å²) in [6.07, 6.45) is 8.67. The highest BCUT2D eigenvalue weighted by atomic mass is 14.8. The normalized spacial score (nSPS) is 10.5. The maximum absolute atomic E-state index is 5.12. The first-order valence-electron chi connectivity index (χ1n) is 3.39. The van der Waals surface area contributed by atoms with Gasteiger partial charge in [0.15, 0.2) is 0 Å². The second-order valence-electron chi connectivity index (χ2n) is 1.95. The molecule has 2 heteroatoms. The van der Waals surface area contributed by atoms with Gasteiger partial charge in [-0.3, -0.25) is 0 Å². The minimum Gasteiger partial charge on any atom is -0.405 e. The van der Waals surface area contributed by atoms with E-state index in [-0.39, 0.29) is 0 Å². The second-order valence-corrected chi connectivity index (χ2v) is 1.95. The van der Waals surface area contributed by atoms with Crippen molar-refractivity contribution in [1.82, 2.24) is 5.32 Å². The Balaban J connectivity index is 3.44. The quantitative estimate of drug-likeness (QED) is 0.458. The van der Waals surface area contributed by atoms with Crippen molar-refractivity contribution in [2.75, 3.05) is 6.54 Å². The fourth-order valence-electron chi connectivity index (χ4n) is 0.438. The minimum absolute atomic E-state index is 0.734. The van der Waals surface area contributed by atoms with Gasteiger partial charge < -0.3 is 11.1 Å². The maximum Gasteiger partial charge on any atom is 0.0342 e. The van der Waals surface area contributed by atoms with Gasteiger partial charge >= 0.3 is 0 Å². The van der Waals surface area contributed by atoms with Gasteiger partial charge in [0.1, 0.15) is 0 Å². The zero-order valence-electron chi connectivity index (χ0n) is 6.59. The Bertz CT molecular complexity index is 178. The Morgan fingerprint density at radius 2 is 2.27 bits per heavy atom. The summed E-state index contributed by atoms with van der Waals surface area (Å²) < 4.78 is 0. The first-order valence-corrected chi connectivity index (χ1v) is 3.39. The Kier molecular flexibility index (Phi) is 5.80. The Morgan fingerprint density at radius 3 is 2.82 bits per heavy atom. The van der Waals surface area contributed by atoms with Gasteiger partial charge in [0.05, 0.1) is 0 Å². The van der Waals surface area contributed by atoms with Crippen molar-refractivity contribution in [2.24, 2.45) is 5.73 Å². The summed E-state index contributed by atoms with van der Waals surface area (Å²) in [5.41, 5.74) is 6.00. The highest BCUT2D eigenvalue weighted by Gasteiger charge is 1.74. The molecule has 0 aliphatic rings. The van der Waals surface area contributed by atoms with E-state index < -0.39 is 0 Å². The van der Waals surface area contributed by atoms with Crippen molar-refractivity contribution >= 4 is 0 Å². The lowest BCUT2D eigenvalue weighted by Crippen LogP contribution is -2.03. The Morgan fingerprint density at radius 1 is 1.55 bits per heavy atom. The van der Waals surface area contributed by atoms with E-state index in [0.717, 1.165) is 12.1 Å². The highest BCUT2D eigenvalue weighted by molar-refractivity contribution is 5.24. The molecule has 0 unspecified atom stereocenters. The van der Waals surface area contributed by atoms with Gasteiger partial charge in [-0.25, -0.2) is 0 Å². The number of nitrogens with one attached hydrogen (secondary N) is 1. The highest BCUT2D eigenvalue weighted by Crippen LogP contribution is 1.90. The van der Waals surface area contributed by atoms with Crippen LogP contribution in [0.3, 0.4) is 0 Å². The first kappa shape index (κ1) is 9.56. The maximum atomic E-state index is 5.12. The zero-order chi connectivity index (χ0) is 8.53. The third-order valence-electron chi connectivity index (χ3n) is 1.05. The molecule has 0 atom stereocenters. The number of nitrogens with two attached hydrogens (primary N) is 1. The molecule has 0 rings (SSSR count). The Labute approximate surface area is 67.8 Å².